The Kier molecular flexibility index (Phi) is 10.5. The summed E-state index contributed by atoms with van der Waals surface area (Å²) < 4.78 is 46.0. The molecule has 10 heteroatoms. The number of hydrogen-bond acceptors (Lipinski definition) is 7. The molecule has 0 aliphatic heterocycles. The van der Waals surface area contributed by atoms with Crippen LogP contribution in [0.5, 0.6) is 17.2 Å². The fourth-order valence-corrected chi connectivity index (χ4v) is 3.36. The van der Waals surface area contributed by atoms with Crippen molar-refractivity contribution in [2.24, 2.45) is 5.92 Å². The maximum Gasteiger partial charge on any atom is 0.387 e. The molecular formula is C26H30F2N2O6. The molecule has 4 rings (SSSR count). The van der Waals surface area contributed by atoms with Crippen LogP contribution in [-0.2, 0) is 11.3 Å². The van der Waals surface area contributed by atoms with Gasteiger partial charge in [0.05, 0.1) is 25.5 Å². The predicted octanol–water partition coefficient (Wildman–Crippen LogP) is 4.73. The second-order valence-electron chi connectivity index (χ2n) is 8.13. The molecule has 1 saturated carbocycles. The average Bonchev–Trinajstić information content (AvgIpc) is 3.31. The normalized spacial score (nSPS) is 12.8. The van der Waals surface area contributed by atoms with Crippen molar-refractivity contribution in [3.8, 4) is 28.7 Å². The molecule has 1 heterocycles. The summed E-state index contributed by atoms with van der Waals surface area (Å²) in [4.78, 5) is 14.6. The van der Waals surface area contributed by atoms with Crippen molar-refractivity contribution in [3.63, 3.8) is 0 Å². The summed E-state index contributed by atoms with van der Waals surface area (Å²) >= 11 is 0. The molecule has 1 aliphatic rings. The number of hydrogen-bond donors (Lipinski definition) is 2. The van der Waals surface area contributed by atoms with Gasteiger partial charge in [0.2, 0.25) is 12.3 Å². The first-order valence-electron chi connectivity index (χ1n) is 11.6. The number of halogens is 2. The van der Waals surface area contributed by atoms with Crippen LogP contribution in [0.3, 0.4) is 0 Å². The van der Waals surface area contributed by atoms with Crippen molar-refractivity contribution in [2.45, 2.75) is 39.3 Å². The molecule has 2 N–H and O–H groups in total. The molecule has 36 heavy (non-hydrogen) atoms. The number of aliphatic hydroxyl groups excluding tert-OH is 1. The highest BCUT2D eigenvalue weighted by Gasteiger charge is 2.20. The molecule has 194 valence electrons. The quantitative estimate of drug-likeness (QED) is 0.344. The third kappa shape index (κ3) is 8.23. The Hall–Kier alpha value is -3.66. The Morgan fingerprint density at radius 3 is 2.64 bits per heavy atom. The van der Waals surface area contributed by atoms with Crippen LogP contribution in [0, 0.1) is 12.8 Å². The summed E-state index contributed by atoms with van der Waals surface area (Å²) in [6.07, 6.45) is 5.32. The molecule has 0 bridgehead atoms. The predicted molar refractivity (Wildman–Crippen MR) is 128 cm³/mol. The third-order valence-electron chi connectivity index (χ3n) is 5.47. The van der Waals surface area contributed by atoms with Crippen LogP contribution in [0.25, 0.3) is 11.5 Å². The van der Waals surface area contributed by atoms with Crippen molar-refractivity contribution in [1.29, 1.82) is 0 Å². The minimum absolute atomic E-state index is 0.0209. The van der Waals surface area contributed by atoms with E-state index in [-0.39, 0.29) is 24.7 Å². The monoisotopic (exact) mass is 504 g/mol. The van der Waals surface area contributed by atoms with E-state index in [0.29, 0.717) is 42.7 Å². The van der Waals surface area contributed by atoms with E-state index in [1.165, 1.54) is 18.8 Å². The number of benzene rings is 2. The number of alkyl halides is 2. The zero-order chi connectivity index (χ0) is 25.8. The van der Waals surface area contributed by atoms with Gasteiger partial charge in [-0.2, -0.15) is 8.78 Å². The summed E-state index contributed by atoms with van der Waals surface area (Å²) in [5.74, 6) is 1.81. The molecule has 0 unspecified atom stereocenters. The van der Waals surface area contributed by atoms with Crippen LogP contribution in [0.2, 0.25) is 0 Å². The van der Waals surface area contributed by atoms with Crippen molar-refractivity contribution in [2.75, 3.05) is 19.8 Å². The minimum atomic E-state index is -2.93. The molecule has 0 spiro atoms. The molecular weight excluding hydrogens is 474 g/mol. The zero-order valence-corrected chi connectivity index (χ0v) is 20.0. The molecule has 0 radical (unpaired) electrons. The highest BCUT2D eigenvalue weighted by atomic mass is 19.3. The van der Waals surface area contributed by atoms with Crippen molar-refractivity contribution in [1.82, 2.24) is 10.3 Å². The number of oxazole rings is 1. The van der Waals surface area contributed by atoms with Gasteiger partial charge in [0, 0.05) is 5.56 Å². The zero-order valence-electron chi connectivity index (χ0n) is 20.0. The smallest absolute Gasteiger partial charge is 0.387 e. The Morgan fingerprint density at radius 1 is 1.17 bits per heavy atom. The Labute approximate surface area is 208 Å². The summed E-state index contributed by atoms with van der Waals surface area (Å²) in [5, 5.41) is 11.0. The maximum absolute atomic E-state index is 12.6. The van der Waals surface area contributed by atoms with Crippen LogP contribution < -0.4 is 19.5 Å². The Morgan fingerprint density at radius 2 is 1.97 bits per heavy atom. The lowest BCUT2D eigenvalue weighted by Crippen LogP contribution is -2.19. The second-order valence-corrected chi connectivity index (χ2v) is 8.13. The van der Waals surface area contributed by atoms with Crippen LogP contribution >= 0.6 is 0 Å². The highest BCUT2D eigenvalue weighted by Crippen LogP contribution is 2.35. The van der Waals surface area contributed by atoms with Gasteiger partial charge < -0.3 is 29.1 Å². The van der Waals surface area contributed by atoms with E-state index in [4.69, 9.17) is 19.0 Å². The summed E-state index contributed by atoms with van der Waals surface area (Å²) in [6.45, 7) is 0.180. The summed E-state index contributed by atoms with van der Waals surface area (Å²) in [7, 11) is 0. The summed E-state index contributed by atoms with van der Waals surface area (Å²) in [6, 6.07) is 12.3. The van der Waals surface area contributed by atoms with Crippen LogP contribution in [0.15, 0.2) is 53.1 Å². The molecule has 1 aromatic heterocycles. The van der Waals surface area contributed by atoms with E-state index in [9.17, 15) is 13.6 Å². The van der Waals surface area contributed by atoms with Gasteiger partial charge in [0.15, 0.2) is 11.5 Å². The Bertz CT molecular complexity index is 1090. The number of para-hydroxylation sites is 1. The van der Waals surface area contributed by atoms with Gasteiger partial charge in [-0.15, -0.1) is 0 Å². The van der Waals surface area contributed by atoms with E-state index < -0.39 is 6.61 Å². The van der Waals surface area contributed by atoms with E-state index in [0.717, 1.165) is 24.2 Å². The average molecular weight is 505 g/mol. The molecule has 8 nitrogen and oxygen atoms in total. The number of aromatic nitrogens is 1. The van der Waals surface area contributed by atoms with Gasteiger partial charge in [-0.25, -0.2) is 4.98 Å². The fourth-order valence-electron chi connectivity index (χ4n) is 3.36. The van der Waals surface area contributed by atoms with Gasteiger partial charge in [0.25, 0.3) is 0 Å². The second kappa shape index (κ2) is 14.0. The first kappa shape index (κ1) is 26.9. The number of ether oxygens (including phenoxy) is 3. The molecule has 0 atom stereocenters. The minimum Gasteiger partial charge on any atom is -0.491 e. The molecule has 1 amide bonds. The van der Waals surface area contributed by atoms with Gasteiger partial charge in [-0.1, -0.05) is 24.6 Å². The number of carbonyl (C=O) groups excluding carboxylic acids is 1. The van der Waals surface area contributed by atoms with E-state index >= 15 is 0 Å². The van der Waals surface area contributed by atoms with Crippen LogP contribution in [0.4, 0.5) is 8.78 Å². The molecule has 1 fully saturated rings. The third-order valence-corrected chi connectivity index (χ3v) is 5.47. The first-order chi connectivity index (χ1) is 17.5. The number of aliphatic hydroxyl groups is 1. The number of aryl methyl sites for hydroxylation is 1. The summed E-state index contributed by atoms with van der Waals surface area (Å²) in [5.41, 5.74) is 2.22. The van der Waals surface area contributed by atoms with E-state index in [1.807, 2.05) is 31.2 Å². The first-order valence-corrected chi connectivity index (χ1v) is 11.6. The highest BCUT2D eigenvalue weighted by molar-refractivity contribution is 5.60. The van der Waals surface area contributed by atoms with Crippen molar-refractivity contribution < 1.29 is 37.3 Å². The van der Waals surface area contributed by atoms with Crippen LogP contribution in [0.1, 0.15) is 30.5 Å². The SMILES string of the molecule is Cc1ccccc1OCCO.O=CNCc1coc(-c2ccc(OC(F)F)c(OCC3CCC3)c2)n1. The topological polar surface area (TPSA) is 103 Å². The lowest BCUT2D eigenvalue weighted by atomic mass is 9.86. The maximum atomic E-state index is 12.6. The standard InChI is InChI=1S/C17H18F2N2O4.C9H12O2/c18-17(19)25-14-5-4-12(6-15(14)23-8-11-2-1-3-11)16-21-13(9-24-16)7-20-10-22;1-8-4-2-3-5-9(8)11-7-6-10/h4-6,9-11,17H,1-3,7-8H2,(H,20,22);2-5,10H,6-7H2,1H3. The van der Waals surface area contributed by atoms with Gasteiger partial charge in [0.1, 0.15) is 18.6 Å². The molecule has 1 aliphatic carbocycles. The van der Waals surface area contributed by atoms with Gasteiger partial charge in [-0.05, 0) is 55.5 Å². The largest absolute Gasteiger partial charge is 0.491 e. The molecule has 0 saturated heterocycles. The number of amides is 1. The number of carbonyl (C=O) groups is 1. The van der Waals surface area contributed by atoms with Crippen LogP contribution in [-0.4, -0.2) is 42.9 Å². The number of rotatable bonds is 12. The Balaban J connectivity index is 0.000000275. The fraction of sp³-hybridized carbons (Fsp3) is 0.385. The lowest BCUT2D eigenvalue weighted by Gasteiger charge is -2.25. The lowest BCUT2D eigenvalue weighted by molar-refractivity contribution is -0.109. The number of nitrogens with one attached hydrogen (secondary N) is 1. The van der Waals surface area contributed by atoms with E-state index in [1.54, 1.807) is 12.1 Å². The van der Waals surface area contributed by atoms with Gasteiger partial charge in [-0.3, -0.25) is 4.79 Å². The van der Waals surface area contributed by atoms with E-state index in [2.05, 4.69) is 15.0 Å². The van der Waals surface area contributed by atoms with Crippen molar-refractivity contribution >= 4 is 6.41 Å². The molecule has 2 aromatic carbocycles. The molecule has 3 aromatic rings. The number of nitrogens with zero attached hydrogens (tertiary/aromatic N) is 1. The van der Waals surface area contributed by atoms with Crippen molar-refractivity contribution in [3.05, 3.63) is 60.0 Å². The van der Waals surface area contributed by atoms with Gasteiger partial charge >= 0.3 is 6.61 Å².